The third-order valence-corrected chi connectivity index (χ3v) is 3.85. The normalized spacial score (nSPS) is 17.6. The molecule has 0 saturated heterocycles. The lowest BCUT2D eigenvalue weighted by molar-refractivity contribution is -0.385. The molecular weight excluding hydrogens is 358 g/mol. The third kappa shape index (κ3) is 2.93. The highest BCUT2D eigenvalue weighted by molar-refractivity contribution is 9.10. The van der Waals surface area contributed by atoms with E-state index in [9.17, 15) is 19.7 Å². The molecule has 0 spiro atoms. The highest BCUT2D eigenvalue weighted by atomic mass is 79.9. The van der Waals surface area contributed by atoms with E-state index in [1.165, 1.54) is 19.2 Å². The molecule has 2 rings (SSSR count). The summed E-state index contributed by atoms with van der Waals surface area (Å²) in [5.41, 5.74) is 0.779. The minimum absolute atomic E-state index is 0.160. The van der Waals surface area contributed by atoms with Gasteiger partial charge in [-0.15, -0.1) is 0 Å². The smallest absolute Gasteiger partial charge is 0.337 e. The Morgan fingerprint density at radius 3 is 2.73 bits per heavy atom. The van der Waals surface area contributed by atoms with E-state index in [1.54, 1.807) is 13.0 Å². The van der Waals surface area contributed by atoms with Crippen molar-refractivity contribution in [3.63, 3.8) is 0 Å². The van der Waals surface area contributed by atoms with E-state index in [-0.39, 0.29) is 11.3 Å². The molecule has 0 aromatic heterocycles. The molecule has 0 bridgehead atoms. The maximum atomic E-state index is 11.9. The van der Waals surface area contributed by atoms with Crippen molar-refractivity contribution in [3.8, 4) is 0 Å². The minimum atomic E-state index is -0.826. The highest BCUT2D eigenvalue weighted by Crippen LogP contribution is 2.33. The fraction of sp³-hybridized carbons (Fsp3) is 0.231. The number of hydrogen-bond donors (Lipinski definition) is 2. The Labute approximate surface area is 133 Å². The Hall–Kier alpha value is -2.42. The number of benzene rings is 1. The quantitative estimate of drug-likeness (QED) is 0.481. The SMILES string of the molecule is COC(=O)C1=C(C)NC(=O)N[C@@H]1c1ccc(Br)c([N+](=O)[O-])c1. The summed E-state index contributed by atoms with van der Waals surface area (Å²) in [6.07, 6.45) is 0. The molecule has 0 fully saturated rings. The summed E-state index contributed by atoms with van der Waals surface area (Å²) in [7, 11) is 1.22. The highest BCUT2D eigenvalue weighted by Gasteiger charge is 2.32. The van der Waals surface area contributed by atoms with Gasteiger partial charge in [0.25, 0.3) is 5.69 Å². The number of ether oxygens (including phenoxy) is 1. The van der Waals surface area contributed by atoms with Gasteiger partial charge in [0.1, 0.15) is 0 Å². The lowest BCUT2D eigenvalue weighted by Crippen LogP contribution is -2.45. The third-order valence-electron chi connectivity index (χ3n) is 3.17. The van der Waals surface area contributed by atoms with Crippen LogP contribution in [0.3, 0.4) is 0 Å². The fourth-order valence-corrected chi connectivity index (χ4v) is 2.56. The van der Waals surface area contributed by atoms with Crippen LogP contribution in [0.2, 0.25) is 0 Å². The van der Waals surface area contributed by atoms with Crippen LogP contribution in [0.4, 0.5) is 10.5 Å². The van der Waals surface area contributed by atoms with Gasteiger partial charge in [-0.2, -0.15) is 0 Å². The van der Waals surface area contributed by atoms with Gasteiger partial charge >= 0.3 is 12.0 Å². The van der Waals surface area contributed by atoms with Crippen LogP contribution in [-0.2, 0) is 9.53 Å². The number of carbonyl (C=O) groups excluding carboxylic acids is 2. The van der Waals surface area contributed by atoms with Crippen LogP contribution in [0.15, 0.2) is 33.9 Å². The van der Waals surface area contributed by atoms with Gasteiger partial charge in [0.15, 0.2) is 0 Å². The van der Waals surface area contributed by atoms with Crippen LogP contribution >= 0.6 is 15.9 Å². The topological polar surface area (TPSA) is 111 Å². The molecule has 2 amide bonds. The van der Waals surface area contributed by atoms with E-state index in [0.717, 1.165) is 0 Å². The first-order valence-electron chi connectivity index (χ1n) is 6.15. The number of methoxy groups -OCH3 is 1. The molecule has 9 heteroatoms. The predicted molar refractivity (Wildman–Crippen MR) is 79.9 cm³/mol. The predicted octanol–water partition coefficient (Wildman–Crippen LogP) is 2.16. The molecular formula is C13H12BrN3O5. The molecule has 1 atom stereocenters. The second-order valence-corrected chi connectivity index (χ2v) is 5.38. The van der Waals surface area contributed by atoms with Crippen molar-refractivity contribution in [3.05, 3.63) is 49.6 Å². The zero-order valence-corrected chi connectivity index (χ0v) is 13.3. The van der Waals surface area contributed by atoms with E-state index in [4.69, 9.17) is 4.74 Å². The second kappa shape index (κ2) is 6.14. The lowest BCUT2D eigenvalue weighted by atomic mass is 9.95. The van der Waals surface area contributed by atoms with Gasteiger partial charge in [-0.1, -0.05) is 6.07 Å². The molecule has 0 unspecified atom stereocenters. The summed E-state index contributed by atoms with van der Waals surface area (Å²) >= 11 is 3.09. The fourth-order valence-electron chi connectivity index (χ4n) is 2.17. The Morgan fingerprint density at radius 1 is 1.45 bits per heavy atom. The number of esters is 1. The van der Waals surface area contributed by atoms with E-state index in [1.807, 2.05) is 0 Å². The van der Waals surface area contributed by atoms with Gasteiger partial charge in [0.05, 0.1) is 28.1 Å². The molecule has 1 aliphatic rings. The zero-order valence-electron chi connectivity index (χ0n) is 11.7. The molecule has 2 N–H and O–H groups in total. The number of rotatable bonds is 3. The first-order chi connectivity index (χ1) is 10.3. The van der Waals surface area contributed by atoms with E-state index >= 15 is 0 Å². The number of nitro groups is 1. The zero-order chi connectivity index (χ0) is 16.4. The van der Waals surface area contributed by atoms with Crippen molar-refractivity contribution in [2.24, 2.45) is 0 Å². The number of urea groups is 1. The van der Waals surface area contributed by atoms with Crippen LogP contribution < -0.4 is 10.6 Å². The second-order valence-electron chi connectivity index (χ2n) is 4.53. The monoisotopic (exact) mass is 369 g/mol. The van der Waals surface area contributed by atoms with E-state index in [0.29, 0.717) is 15.7 Å². The van der Waals surface area contributed by atoms with Gasteiger partial charge in [-0.3, -0.25) is 10.1 Å². The number of amides is 2. The standard InChI is InChI=1S/C13H12BrN3O5/c1-6-10(12(18)22-2)11(16-13(19)15-6)7-3-4-8(14)9(5-7)17(20)21/h3-5,11H,1-2H3,(H2,15,16,19)/t11-/m1/s1. The maximum absolute atomic E-state index is 11.9. The van der Waals surface area contributed by atoms with Gasteiger partial charge in [-0.05, 0) is 34.5 Å². The van der Waals surface area contributed by atoms with Crippen molar-refractivity contribution >= 4 is 33.6 Å². The number of halogens is 1. The van der Waals surface area contributed by atoms with Gasteiger partial charge in [0.2, 0.25) is 0 Å². The summed E-state index contributed by atoms with van der Waals surface area (Å²) in [6.45, 7) is 1.56. The molecule has 1 aliphatic heterocycles. The van der Waals surface area contributed by atoms with Crippen molar-refractivity contribution in [1.29, 1.82) is 0 Å². The number of allylic oxidation sites excluding steroid dienone is 1. The van der Waals surface area contributed by atoms with Crippen LogP contribution in [0.5, 0.6) is 0 Å². The van der Waals surface area contributed by atoms with Crippen molar-refractivity contribution in [2.75, 3.05) is 7.11 Å². The molecule has 0 aliphatic carbocycles. The number of nitro benzene ring substituents is 1. The van der Waals surface area contributed by atoms with E-state index in [2.05, 4.69) is 26.6 Å². The number of nitrogens with zero attached hydrogens (tertiary/aromatic N) is 1. The molecule has 0 radical (unpaired) electrons. The van der Waals surface area contributed by atoms with Gasteiger partial charge in [0, 0.05) is 11.8 Å². The molecule has 1 aromatic carbocycles. The summed E-state index contributed by atoms with van der Waals surface area (Å²) in [4.78, 5) is 34.1. The largest absolute Gasteiger partial charge is 0.466 e. The molecule has 8 nitrogen and oxygen atoms in total. The summed E-state index contributed by atoms with van der Waals surface area (Å²) < 4.78 is 5.02. The number of nitrogens with one attached hydrogen (secondary N) is 2. The Balaban J connectivity index is 2.55. The molecule has 22 heavy (non-hydrogen) atoms. The molecule has 0 saturated carbocycles. The van der Waals surface area contributed by atoms with Gasteiger partial charge < -0.3 is 15.4 Å². The lowest BCUT2D eigenvalue weighted by Gasteiger charge is -2.27. The first kappa shape index (κ1) is 16.0. The summed E-state index contributed by atoms with van der Waals surface area (Å²) in [6, 6.07) is 3.06. The molecule has 1 heterocycles. The van der Waals surface area contributed by atoms with Crippen molar-refractivity contribution in [1.82, 2.24) is 10.6 Å². The minimum Gasteiger partial charge on any atom is -0.466 e. The van der Waals surface area contributed by atoms with Crippen LogP contribution in [-0.4, -0.2) is 24.0 Å². The summed E-state index contributed by atoms with van der Waals surface area (Å²) in [5.74, 6) is -0.624. The Bertz CT molecular complexity index is 701. The van der Waals surface area contributed by atoms with Crippen LogP contribution in [0.25, 0.3) is 0 Å². The van der Waals surface area contributed by atoms with Crippen molar-refractivity contribution < 1.29 is 19.2 Å². The average molecular weight is 370 g/mol. The average Bonchev–Trinajstić information content (AvgIpc) is 2.46. The van der Waals surface area contributed by atoms with Gasteiger partial charge in [-0.25, -0.2) is 9.59 Å². The maximum Gasteiger partial charge on any atom is 0.337 e. The number of hydrogen-bond acceptors (Lipinski definition) is 5. The van der Waals surface area contributed by atoms with Crippen molar-refractivity contribution in [2.45, 2.75) is 13.0 Å². The molecule has 116 valence electrons. The summed E-state index contributed by atoms with van der Waals surface area (Å²) in [5, 5.41) is 16.1. The Kier molecular flexibility index (Phi) is 4.45. The first-order valence-corrected chi connectivity index (χ1v) is 6.95. The van der Waals surface area contributed by atoms with E-state index < -0.39 is 23.0 Å². The Morgan fingerprint density at radius 2 is 2.14 bits per heavy atom. The molecule has 1 aromatic rings. The van der Waals surface area contributed by atoms with Crippen LogP contribution in [0, 0.1) is 10.1 Å². The van der Waals surface area contributed by atoms with Crippen LogP contribution in [0.1, 0.15) is 18.5 Å². The number of carbonyl (C=O) groups is 2.